The maximum Gasteiger partial charge on any atom is 0.267 e. The predicted molar refractivity (Wildman–Crippen MR) is 137 cm³/mol. The lowest BCUT2D eigenvalue weighted by Gasteiger charge is -2.23. The summed E-state index contributed by atoms with van der Waals surface area (Å²) >= 11 is 0. The molecule has 1 atom stereocenters. The molecule has 1 aliphatic rings. The van der Waals surface area contributed by atoms with E-state index in [0.717, 1.165) is 25.5 Å². The van der Waals surface area contributed by atoms with E-state index >= 15 is 0 Å². The second-order valence-electron chi connectivity index (χ2n) is 9.19. The molecule has 0 saturated carbocycles. The van der Waals surface area contributed by atoms with Crippen LogP contribution in [0.4, 0.5) is 8.78 Å². The number of hydrogen-bond donors (Lipinski definition) is 2. The molecule has 2 aromatic carbocycles. The van der Waals surface area contributed by atoms with E-state index in [4.69, 9.17) is 5.73 Å². The summed E-state index contributed by atoms with van der Waals surface area (Å²) in [4.78, 5) is 36.0. The number of rotatable bonds is 6. The highest BCUT2D eigenvalue weighted by Gasteiger charge is 2.25. The number of nitrogens with zero attached hydrogens (tertiary/aromatic N) is 3. The number of carbonyl (C=O) groups is 2. The fraction of sp³-hybridized carbons (Fsp3) is 0.214. The smallest absolute Gasteiger partial charge is 0.267 e. The quantitative estimate of drug-likeness (QED) is 0.413. The fourth-order valence-corrected chi connectivity index (χ4v) is 4.76. The van der Waals surface area contributed by atoms with Crippen LogP contribution in [0.2, 0.25) is 0 Å². The minimum Gasteiger partial charge on any atom is -0.364 e. The zero-order valence-electron chi connectivity index (χ0n) is 20.2. The van der Waals surface area contributed by atoms with Crippen molar-refractivity contribution in [1.82, 2.24) is 20.2 Å². The molecule has 0 spiro atoms. The van der Waals surface area contributed by atoms with Crippen LogP contribution in [0.3, 0.4) is 0 Å². The van der Waals surface area contributed by atoms with Crippen molar-refractivity contribution >= 4 is 22.7 Å². The topological polar surface area (TPSA) is 101 Å². The summed E-state index contributed by atoms with van der Waals surface area (Å²) < 4.78 is 28.3. The van der Waals surface area contributed by atoms with E-state index in [9.17, 15) is 18.4 Å². The third kappa shape index (κ3) is 5.03. The number of benzene rings is 2. The first kappa shape index (κ1) is 24.5. The molecule has 1 saturated heterocycles. The zero-order valence-corrected chi connectivity index (χ0v) is 20.2. The van der Waals surface area contributed by atoms with Gasteiger partial charge in [-0.2, -0.15) is 0 Å². The van der Waals surface area contributed by atoms with E-state index in [1.807, 2.05) is 0 Å². The van der Waals surface area contributed by atoms with Crippen molar-refractivity contribution in [2.45, 2.75) is 18.9 Å². The van der Waals surface area contributed by atoms with Crippen LogP contribution in [0, 0.1) is 11.6 Å². The first-order chi connectivity index (χ1) is 17.8. The maximum absolute atomic E-state index is 14.2. The number of pyridine rings is 2. The van der Waals surface area contributed by atoms with Gasteiger partial charge in [0.15, 0.2) is 0 Å². The number of aromatic nitrogens is 2. The van der Waals surface area contributed by atoms with Crippen molar-refractivity contribution < 1.29 is 18.4 Å². The molecule has 1 fully saturated rings. The van der Waals surface area contributed by atoms with Crippen molar-refractivity contribution in [1.29, 1.82) is 0 Å². The number of fused-ring (bicyclic) bond motifs is 1. The monoisotopic (exact) mass is 501 g/mol. The summed E-state index contributed by atoms with van der Waals surface area (Å²) in [6, 6.07) is 13.5. The Hall–Kier alpha value is -4.24. The van der Waals surface area contributed by atoms with Gasteiger partial charge >= 0.3 is 0 Å². The van der Waals surface area contributed by atoms with Gasteiger partial charge in [0.1, 0.15) is 17.3 Å². The summed E-state index contributed by atoms with van der Waals surface area (Å²) in [6.07, 6.45) is 3.47. The first-order valence-corrected chi connectivity index (χ1v) is 12.0. The number of halogens is 2. The van der Waals surface area contributed by atoms with Crippen molar-refractivity contribution in [3.63, 3.8) is 0 Å². The van der Waals surface area contributed by atoms with Crippen molar-refractivity contribution in [2.75, 3.05) is 20.1 Å². The Bertz CT molecular complexity index is 1500. The SMILES string of the molecule is CN(C[C@@H]1CCCN1)C(=O)c1c(-c2cc(F)cc(F)c2)cnc2ccc(-c3cccc(C(N)=O)n3)cc12. The molecule has 5 rings (SSSR count). The lowest BCUT2D eigenvalue weighted by Crippen LogP contribution is -2.38. The van der Waals surface area contributed by atoms with Crippen molar-refractivity contribution in [3.05, 3.63) is 83.7 Å². The van der Waals surface area contributed by atoms with Gasteiger partial charge in [0, 0.05) is 48.4 Å². The van der Waals surface area contributed by atoms with Gasteiger partial charge in [0.2, 0.25) is 0 Å². The molecule has 37 heavy (non-hydrogen) atoms. The number of nitrogens with one attached hydrogen (secondary N) is 1. The number of hydrogen-bond acceptors (Lipinski definition) is 5. The fourth-order valence-electron chi connectivity index (χ4n) is 4.76. The first-order valence-electron chi connectivity index (χ1n) is 12.0. The summed E-state index contributed by atoms with van der Waals surface area (Å²) in [5.41, 5.74) is 7.97. The number of nitrogens with two attached hydrogens (primary N) is 1. The highest BCUT2D eigenvalue weighted by Crippen LogP contribution is 2.33. The van der Waals surface area contributed by atoms with E-state index in [1.54, 1.807) is 42.3 Å². The van der Waals surface area contributed by atoms with E-state index in [0.29, 0.717) is 34.3 Å². The molecule has 4 aromatic rings. The molecular formula is C28H25F2N5O2. The maximum atomic E-state index is 14.2. The molecular weight excluding hydrogens is 476 g/mol. The minimum atomic E-state index is -0.752. The highest BCUT2D eigenvalue weighted by molar-refractivity contribution is 6.12. The van der Waals surface area contributed by atoms with E-state index in [-0.39, 0.29) is 28.8 Å². The van der Waals surface area contributed by atoms with Crippen LogP contribution in [-0.2, 0) is 0 Å². The van der Waals surface area contributed by atoms with Gasteiger partial charge in [-0.3, -0.25) is 14.6 Å². The molecule has 0 aliphatic carbocycles. The van der Waals surface area contributed by atoms with Gasteiger partial charge in [-0.15, -0.1) is 0 Å². The average Bonchev–Trinajstić information content (AvgIpc) is 3.39. The second-order valence-corrected chi connectivity index (χ2v) is 9.19. The molecule has 0 radical (unpaired) electrons. The number of amides is 2. The minimum absolute atomic E-state index is 0.111. The Morgan fingerprint density at radius 2 is 1.86 bits per heavy atom. The summed E-state index contributed by atoms with van der Waals surface area (Å²) in [7, 11) is 1.71. The van der Waals surface area contributed by atoms with Gasteiger partial charge in [0.05, 0.1) is 16.8 Å². The lowest BCUT2D eigenvalue weighted by atomic mass is 9.95. The molecule has 3 heterocycles. The molecule has 2 aromatic heterocycles. The largest absolute Gasteiger partial charge is 0.364 e. The van der Waals surface area contributed by atoms with Crippen LogP contribution in [-0.4, -0.2) is 52.9 Å². The van der Waals surface area contributed by atoms with Crippen LogP contribution in [0.5, 0.6) is 0 Å². The Morgan fingerprint density at radius 3 is 2.57 bits per heavy atom. The molecule has 9 heteroatoms. The van der Waals surface area contributed by atoms with Crippen LogP contribution in [0.15, 0.2) is 60.8 Å². The van der Waals surface area contributed by atoms with Crippen LogP contribution in [0.1, 0.15) is 33.7 Å². The third-order valence-electron chi connectivity index (χ3n) is 6.56. The molecule has 188 valence electrons. The molecule has 2 amide bonds. The van der Waals surface area contributed by atoms with E-state index in [2.05, 4.69) is 15.3 Å². The lowest BCUT2D eigenvalue weighted by molar-refractivity contribution is 0.0786. The number of likely N-dealkylation sites (N-methyl/N-ethyl adjacent to an activating group) is 1. The third-order valence-corrected chi connectivity index (χ3v) is 6.56. The summed E-state index contributed by atoms with van der Waals surface area (Å²) in [6.45, 7) is 1.39. The molecule has 7 nitrogen and oxygen atoms in total. The van der Waals surface area contributed by atoms with Crippen LogP contribution >= 0.6 is 0 Å². The average molecular weight is 502 g/mol. The van der Waals surface area contributed by atoms with Gasteiger partial charge in [0.25, 0.3) is 11.8 Å². The molecule has 0 unspecified atom stereocenters. The summed E-state index contributed by atoms with van der Waals surface area (Å²) in [5, 5.41) is 3.89. The Balaban J connectivity index is 1.69. The van der Waals surface area contributed by atoms with E-state index < -0.39 is 17.5 Å². The van der Waals surface area contributed by atoms with Gasteiger partial charge in [-0.1, -0.05) is 12.1 Å². The number of carbonyl (C=O) groups excluding carboxylic acids is 2. The zero-order chi connectivity index (χ0) is 26.1. The van der Waals surface area contributed by atoms with Crippen molar-refractivity contribution in [2.24, 2.45) is 5.73 Å². The van der Waals surface area contributed by atoms with Crippen LogP contribution < -0.4 is 11.1 Å². The molecule has 3 N–H and O–H groups in total. The van der Waals surface area contributed by atoms with Crippen LogP contribution in [0.25, 0.3) is 33.3 Å². The molecule has 0 bridgehead atoms. The van der Waals surface area contributed by atoms with Gasteiger partial charge in [-0.05, 0) is 61.3 Å². The normalized spacial score (nSPS) is 15.2. The Morgan fingerprint density at radius 1 is 1.08 bits per heavy atom. The summed E-state index contributed by atoms with van der Waals surface area (Å²) in [5.74, 6) is -2.45. The van der Waals surface area contributed by atoms with E-state index in [1.165, 1.54) is 24.4 Å². The molecule has 1 aliphatic heterocycles. The Labute approximate surface area is 212 Å². The second kappa shape index (κ2) is 10.0. The Kier molecular flexibility index (Phi) is 6.62. The van der Waals surface area contributed by atoms with Gasteiger partial charge in [-0.25, -0.2) is 13.8 Å². The van der Waals surface area contributed by atoms with Gasteiger partial charge < -0.3 is 16.0 Å². The highest BCUT2D eigenvalue weighted by atomic mass is 19.1. The predicted octanol–water partition coefficient (Wildman–Crippen LogP) is 4.16. The van der Waals surface area contributed by atoms with Crippen molar-refractivity contribution in [3.8, 4) is 22.4 Å². The number of primary amides is 1. The standard InChI is InChI=1S/C28H25F2N5O2/c1-35(15-20-4-3-9-32-20)28(37)26-21-12-16(23-5-2-6-25(34-23)27(31)36)7-8-24(21)33-14-22(26)17-10-18(29)13-19(30)11-17/h2,5-8,10-14,20,32H,3-4,9,15H2,1H3,(H2,31,36)/t20-/m0/s1.